The molecule has 1 aliphatic rings. The second kappa shape index (κ2) is 6.52. The van der Waals surface area contributed by atoms with Gasteiger partial charge in [0.25, 0.3) is 0 Å². The van der Waals surface area contributed by atoms with Gasteiger partial charge in [-0.3, -0.25) is 4.98 Å². The highest BCUT2D eigenvalue weighted by Gasteiger charge is 2.16. The molecule has 0 atom stereocenters. The number of aromatic nitrogens is 5. The van der Waals surface area contributed by atoms with Crippen molar-refractivity contribution in [2.24, 2.45) is 0 Å². The monoisotopic (exact) mass is 373 g/mol. The van der Waals surface area contributed by atoms with E-state index in [4.69, 9.17) is 11.6 Å². The predicted octanol–water partition coefficient (Wildman–Crippen LogP) is 5.04. The summed E-state index contributed by atoms with van der Waals surface area (Å²) in [6.45, 7) is 0. The first-order chi connectivity index (χ1) is 13.3. The highest BCUT2D eigenvalue weighted by atomic mass is 35.5. The fourth-order valence-electron chi connectivity index (χ4n) is 3.43. The van der Waals surface area contributed by atoms with Crippen LogP contribution in [0.1, 0.15) is 12.8 Å². The van der Waals surface area contributed by atoms with E-state index in [1.807, 2.05) is 49.1 Å². The van der Waals surface area contributed by atoms with Crippen molar-refractivity contribution in [3.8, 4) is 17.1 Å². The predicted molar refractivity (Wildman–Crippen MR) is 108 cm³/mol. The quantitative estimate of drug-likeness (QED) is 0.505. The minimum absolute atomic E-state index is 0.791. The van der Waals surface area contributed by atoms with Crippen LogP contribution in [0.4, 0.5) is 0 Å². The van der Waals surface area contributed by atoms with Gasteiger partial charge in [0.05, 0.1) is 17.4 Å². The summed E-state index contributed by atoms with van der Waals surface area (Å²) in [5.74, 6) is 0.791. The standard InChI is InChI=1S/C21H16ClN5/c22-17-3-5-18(6-4-17)27-19(12-15-8-10-23-14-20(15)27)16-2-7-21(24-13-16)26-11-1-9-25-26/h1-3,5,7-14H,4,6H2. The lowest BCUT2D eigenvalue weighted by molar-refractivity contribution is 0.847. The van der Waals surface area contributed by atoms with Crippen LogP contribution >= 0.6 is 11.6 Å². The fraction of sp³-hybridized carbons (Fsp3) is 0.0952. The summed E-state index contributed by atoms with van der Waals surface area (Å²) >= 11 is 6.16. The lowest BCUT2D eigenvalue weighted by Crippen LogP contribution is -2.03. The lowest BCUT2D eigenvalue weighted by Gasteiger charge is -2.17. The van der Waals surface area contributed by atoms with Crippen LogP contribution in [0.25, 0.3) is 33.7 Å². The van der Waals surface area contributed by atoms with Crippen LogP contribution in [0.3, 0.4) is 0 Å². The molecule has 4 aromatic heterocycles. The number of hydrogen-bond donors (Lipinski definition) is 0. The van der Waals surface area contributed by atoms with Gasteiger partial charge in [-0.15, -0.1) is 0 Å². The summed E-state index contributed by atoms with van der Waals surface area (Å²) < 4.78 is 4.01. The lowest BCUT2D eigenvalue weighted by atomic mass is 10.1. The number of nitrogens with zero attached hydrogens (tertiary/aromatic N) is 5. The van der Waals surface area contributed by atoms with Crippen LogP contribution in [0.2, 0.25) is 0 Å². The summed E-state index contributed by atoms with van der Waals surface area (Å²) in [4.78, 5) is 8.91. The van der Waals surface area contributed by atoms with Crippen molar-refractivity contribution in [2.45, 2.75) is 12.8 Å². The number of rotatable bonds is 3. The van der Waals surface area contributed by atoms with Gasteiger partial charge in [0.2, 0.25) is 0 Å². The minimum atomic E-state index is 0.791. The molecular weight excluding hydrogens is 358 g/mol. The van der Waals surface area contributed by atoms with E-state index >= 15 is 0 Å². The molecule has 0 aliphatic heterocycles. The average molecular weight is 374 g/mol. The molecule has 0 amide bonds. The molecule has 4 aromatic rings. The van der Waals surface area contributed by atoms with Gasteiger partial charge in [0.1, 0.15) is 0 Å². The molecule has 0 aromatic carbocycles. The maximum Gasteiger partial charge on any atom is 0.153 e. The molecule has 0 N–H and O–H groups in total. The van der Waals surface area contributed by atoms with Gasteiger partial charge >= 0.3 is 0 Å². The molecule has 1 aliphatic carbocycles. The van der Waals surface area contributed by atoms with Gasteiger partial charge in [-0.1, -0.05) is 11.6 Å². The molecule has 0 saturated carbocycles. The SMILES string of the molecule is ClC1=CC=C(n2c(-c3ccc(-n4cccn4)nc3)cc3ccncc32)CC1. The first-order valence-corrected chi connectivity index (χ1v) is 9.15. The second-order valence-electron chi connectivity index (χ2n) is 6.43. The average Bonchev–Trinajstić information content (AvgIpc) is 3.37. The third kappa shape index (κ3) is 2.86. The number of allylic oxidation sites excluding steroid dienone is 4. The minimum Gasteiger partial charge on any atom is -0.311 e. The van der Waals surface area contributed by atoms with Gasteiger partial charge in [-0.25, -0.2) is 9.67 Å². The summed E-state index contributed by atoms with van der Waals surface area (Å²) in [7, 11) is 0. The molecule has 27 heavy (non-hydrogen) atoms. The van der Waals surface area contributed by atoms with E-state index in [0.717, 1.165) is 45.9 Å². The molecule has 0 saturated heterocycles. The van der Waals surface area contributed by atoms with Crippen LogP contribution < -0.4 is 0 Å². The Bertz CT molecular complexity index is 1170. The van der Waals surface area contributed by atoms with Crippen molar-refractivity contribution in [1.82, 2.24) is 24.3 Å². The van der Waals surface area contributed by atoms with E-state index in [-0.39, 0.29) is 0 Å². The normalized spacial score (nSPS) is 14.3. The van der Waals surface area contributed by atoms with Gasteiger partial charge in [-0.05, 0) is 55.3 Å². The molecule has 132 valence electrons. The zero-order valence-corrected chi connectivity index (χ0v) is 15.2. The van der Waals surface area contributed by atoms with Crippen molar-refractivity contribution in [3.05, 3.63) is 78.5 Å². The zero-order valence-electron chi connectivity index (χ0n) is 14.5. The van der Waals surface area contributed by atoms with Crippen molar-refractivity contribution in [1.29, 1.82) is 0 Å². The summed E-state index contributed by atoms with van der Waals surface area (Å²) in [6, 6.07) is 10.2. The van der Waals surface area contributed by atoms with E-state index in [1.165, 1.54) is 5.70 Å². The van der Waals surface area contributed by atoms with E-state index in [9.17, 15) is 0 Å². The Hall–Kier alpha value is -3.18. The maximum absolute atomic E-state index is 6.16. The van der Waals surface area contributed by atoms with E-state index < -0.39 is 0 Å². The third-order valence-corrected chi connectivity index (χ3v) is 5.07. The number of halogens is 1. The maximum atomic E-state index is 6.16. The smallest absolute Gasteiger partial charge is 0.153 e. The molecular formula is C21H16ClN5. The molecule has 5 nitrogen and oxygen atoms in total. The van der Waals surface area contributed by atoms with E-state index in [0.29, 0.717) is 0 Å². The molecule has 0 fully saturated rings. The molecule has 6 heteroatoms. The first-order valence-electron chi connectivity index (χ1n) is 8.77. The van der Waals surface area contributed by atoms with Crippen molar-refractivity contribution in [3.63, 3.8) is 0 Å². The Morgan fingerprint density at radius 2 is 1.96 bits per heavy atom. The first kappa shape index (κ1) is 16.0. The molecule has 0 radical (unpaired) electrons. The second-order valence-corrected chi connectivity index (χ2v) is 6.91. The molecule has 0 unspecified atom stereocenters. The van der Waals surface area contributed by atoms with Crippen LogP contribution in [0.5, 0.6) is 0 Å². The highest BCUT2D eigenvalue weighted by Crippen LogP contribution is 2.34. The van der Waals surface area contributed by atoms with Crippen LogP contribution in [-0.2, 0) is 0 Å². The topological polar surface area (TPSA) is 48.5 Å². The Morgan fingerprint density at radius 1 is 1.00 bits per heavy atom. The van der Waals surface area contributed by atoms with Gasteiger partial charge < -0.3 is 4.57 Å². The highest BCUT2D eigenvalue weighted by molar-refractivity contribution is 6.29. The number of hydrogen-bond acceptors (Lipinski definition) is 3. The summed E-state index contributed by atoms with van der Waals surface area (Å²) in [6.07, 6.45) is 15.1. The van der Waals surface area contributed by atoms with Crippen molar-refractivity contribution < 1.29 is 0 Å². The Morgan fingerprint density at radius 3 is 2.70 bits per heavy atom. The molecule has 5 rings (SSSR count). The van der Waals surface area contributed by atoms with E-state index in [1.54, 1.807) is 10.9 Å². The largest absolute Gasteiger partial charge is 0.311 e. The number of fused-ring (bicyclic) bond motifs is 1. The van der Waals surface area contributed by atoms with E-state index in [2.05, 4.69) is 37.8 Å². The van der Waals surface area contributed by atoms with Crippen molar-refractivity contribution >= 4 is 28.2 Å². The summed E-state index contributed by atoms with van der Waals surface area (Å²) in [5.41, 5.74) is 4.42. The Labute approximate surface area is 161 Å². The van der Waals surface area contributed by atoms with Crippen LogP contribution in [0.15, 0.2) is 78.5 Å². The Kier molecular flexibility index (Phi) is 3.87. The van der Waals surface area contributed by atoms with Gasteiger partial charge in [-0.2, -0.15) is 5.10 Å². The van der Waals surface area contributed by atoms with Gasteiger partial charge in [0, 0.05) is 46.5 Å². The zero-order chi connectivity index (χ0) is 18.2. The van der Waals surface area contributed by atoms with Crippen LogP contribution in [0, 0.1) is 0 Å². The van der Waals surface area contributed by atoms with Crippen molar-refractivity contribution in [2.75, 3.05) is 0 Å². The third-order valence-electron chi connectivity index (χ3n) is 4.75. The number of pyridine rings is 2. The summed E-state index contributed by atoms with van der Waals surface area (Å²) in [5, 5.41) is 6.27. The van der Waals surface area contributed by atoms with Crippen LogP contribution in [-0.4, -0.2) is 24.3 Å². The van der Waals surface area contributed by atoms with Gasteiger partial charge in [0.15, 0.2) is 5.82 Å². The molecule has 4 heterocycles. The molecule has 0 spiro atoms. The Balaban J connectivity index is 1.66. The molecule has 0 bridgehead atoms. The fourth-order valence-corrected chi connectivity index (χ4v) is 3.59.